The van der Waals surface area contributed by atoms with E-state index in [0.717, 1.165) is 25.0 Å². The van der Waals surface area contributed by atoms with Gasteiger partial charge in [0.2, 0.25) is 0 Å². The topological polar surface area (TPSA) is 50.9 Å². The van der Waals surface area contributed by atoms with E-state index in [4.69, 9.17) is 0 Å². The van der Waals surface area contributed by atoms with Crippen molar-refractivity contribution in [2.45, 2.75) is 37.8 Å². The number of aromatic nitrogens is 3. The highest BCUT2D eigenvalue weighted by molar-refractivity contribution is 5.68. The second kappa shape index (κ2) is 5.11. The van der Waals surface area contributed by atoms with Crippen molar-refractivity contribution in [2.24, 2.45) is 5.92 Å². The Hall–Kier alpha value is -1.94. The van der Waals surface area contributed by atoms with Gasteiger partial charge in [0.05, 0.1) is 24.0 Å². The van der Waals surface area contributed by atoms with E-state index in [1.807, 2.05) is 16.9 Å². The van der Waals surface area contributed by atoms with E-state index in [1.54, 1.807) is 0 Å². The van der Waals surface area contributed by atoms with Crippen LogP contribution in [0.3, 0.4) is 0 Å². The van der Waals surface area contributed by atoms with Crippen molar-refractivity contribution in [2.75, 3.05) is 0 Å². The molecule has 0 amide bonds. The van der Waals surface area contributed by atoms with Crippen molar-refractivity contribution in [1.29, 1.82) is 0 Å². The molecule has 21 heavy (non-hydrogen) atoms. The molecule has 2 heterocycles. The average Bonchev–Trinajstić information content (AvgIpc) is 3.11. The first kappa shape index (κ1) is 12.8. The maximum absolute atomic E-state index is 10.6. The third-order valence-corrected chi connectivity index (χ3v) is 4.78. The van der Waals surface area contributed by atoms with Crippen molar-refractivity contribution >= 4 is 0 Å². The van der Waals surface area contributed by atoms with Gasteiger partial charge in [-0.15, -0.1) is 5.10 Å². The lowest BCUT2D eigenvalue weighted by Gasteiger charge is -2.26. The fourth-order valence-corrected chi connectivity index (χ4v) is 3.63. The molecule has 0 saturated carbocycles. The Labute approximate surface area is 124 Å². The van der Waals surface area contributed by atoms with E-state index < -0.39 is 0 Å². The van der Waals surface area contributed by atoms with Crippen molar-refractivity contribution in [3.8, 4) is 11.3 Å². The summed E-state index contributed by atoms with van der Waals surface area (Å²) >= 11 is 0. The minimum atomic E-state index is -0.289. The van der Waals surface area contributed by atoms with Gasteiger partial charge in [0.25, 0.3) is 0 Å². The third-order valence-electron chi connectivity index (χ3n) is 4.78. The van der Waals surface area contributed by atoms with E-state index in [2.05, 4.69) is 40.7 Å². The molecule has 4 rings (SSSR count). The Morgan fingerprint density at radius 1 is 1.29 bits per heavy atom. The summed E-state index contributed by atoms with van der Waals surface area (Å²) in [6, 6.07) is 8.46. The number of hydrogen-bond donors (Lipinski definition) is 1. The molecule has 1 aromatic heterocycles. The zero-order valence-corrected chi connectivity index (χ0v) is 11.9. The fourth-order valence-electron chi connectivity index (χ4n) is 3.63. The van der Waals surface area contributed by atoms with E-state index in [9.17, 15) is 5.11 Å². The Balaban J connectivity index is 1.62. The van der Waals surface area contributed by atoms with Crippen LogP contribution in [0.1, 0.15) is 37.3 Å². The van der Waals surface area contributed by atoms with Crippen LogP contribution >= 0.6 is 0 Å². The van der Waals surface area contributed by atoms with E-state index >= 15 is 0 Å². The average molecular weight is 281 g/mol. The van der Waals surface area contributed by atoms with Crippen LogP contribution in [0, 0.1) is 5.92 Å². The van der Waals surface area contributed by atoms with Gasteiger partial charge in [-0.2, -0.15) is 0 Å². The monoisotopic (exact) mass is 281 g/mol. The molecule has 3 unspecified atom stereocenters. The highest BCUT2D eigenvalue weighted by Crippen LogP contribution is 2.41. The molecule has 108 valence electrons. The van der Waals surface area contributed by atoms with Crippen LogP contribution in [0.15, 0.2) is 42.6 Å². The van der Waals surface area contributed by atoms with E-state index in [1.165, 1.54) is 11.1 Å². The molecule has 4 nitrogen and oxygen atoms in total. The smallest absolute Gasteiger partial charge is 0.0896 e. The van der Waals surface area contributed by atoms with Crippen LogP contribution in [0.25, 0.3) is 11.3 Å². The van der Waals surface area contributed by atoms with Crippen LogP contribution in [-0.2, 0) is 0 Å². The summed E-state index contributed by atoms with van der Waals surface area (Å²) in [5.41, 5.74) is 3.52. The summed E-state index contributed by atoms with van der Waals surface area (Å²) in [6.07, 6.45) is 9.79. The predicted octanol–water partition coefficient (Wildman–Crippen LogP) is 2.96. The first-order valence-electron chi connectivity index (χ1n) is 7.67. The minimum Gasteiger partial charge on any atom is -0.393 e. The van der Waals surface area contributed by atoms with Gasteiger partial charge in [-0.05, 0) is 30.7 Å². The molecular formula is C17H19N3O. The first-order valence-corrected chi connectivity index (χ1v) is 7.67. The van der Waals surface area contributed by atoms with Crippen LogP contribution in [0.2, 0.25) is 0 Å². The number of aliphatic hydroxyl groups is 1. The summed E-state index contributed by atoms with van der Waals surface area (Å²) in [6.45, 7) is 0. The maximum atomic E-state index is 10.6. The van der Waals surface area contributed by atoms with Crippen LogP contribution in [0.5, 0.6) is 0 Å². The summed E-state index contributed by atoms with van der Waals surface area (Å²) in [5, 5.41) is 18.9. The Kier molecular flexibility index (Phi) is 3.11. The molecule has 1 aliphatic heterocycles. The molecule has 4 heteroatoms. The summed E-state index contributed by atoms with van der Waals surface area (Å²) in [7, 11) is 0. The van der Waals surface area contributed by atoms with Crippen LogP contribution in [0.4, 0.5) is 0 Å². The Bertz CT molecular complexity index is 676. The largest absolute Gasteiger partial charge is 0.393 e. The molecule has 0 saturated heterocycles. The predicted molar refractivity (Wildman–Crippen MR) is 80.7 cm³/mol. The number of aliphatic hydroxyl groups excluding tert-OH is 1. The van der Waals surface area contributed by atoms with Crippen LogP contribution < -0.4 is 0 Å². The number of nitrogens with zero attached hydrogens (tertiary/aromatic N) is 3. The zero-order chi connectivity index (χ0) is 14.2. The zero-order valence-electron chi connectivity index (χ0n) is 11.9. The molecule has 2 aliphatic rings. The van der Waals surface area contributed by atoms with Crippen molar-refractivity contribution in [1.82, 2.24) is 15.0 Å². The quantitative estimate of drug-likeness (QED) is 0.880. The number of fused-ring (bicyclic) bond motifs is 3. The number of hydrogen-bond acceptors (Lipinski definition) is 3. The maximum Gasteiger partial charge on any atom is 0.0896 e. The van der Waals surface area contributed by atoms with Crippen molar-refractivity contribution < 1.29 is 5.11 Å². The molecular weight excluding hydrogens is 262 g/mol. The van der Waals surface area contributed by atoms with Gasteiger partial charge in [0, 0.05) is 12.0 Å². The summed E-state index contributed by atoms with van der Waals surface area (Å²) in [4.78, 5) is 0. The van der Waals surface area contributed by atoms with Gasteiger partial charge in [0.15, 0.2) is 0 Å². The SMILES string of the molecule is OC(CC1c2ccccc2-c2cnnn21)C1CC=CCC1. The van der Waals surface area contributed by atoms with Gasteiger partial charge < -0.3 is 5.11 Å². The fraction of sp³-hybridized carbons (Fsp3) is 0.412. The molecule has 0 fully saturated rings. The lowest BCUT2D eigenvalue weighted by atomic mass is 9.85. The molecule has 3 atom stereocenters. The van der Waals surface area contributed by atoms with Crippen LogP contribution in [-0.4, -0.2) is 26.2 Å². The number of rotatable bonds is 3. The van der Waals surface area contributed by atoms with E-state index in [0.29, 0.717) is 12.3 Å². The minimum absolute atomic E-state index is 0.111. The van der Waals surface area contributed by atoms with Gasteiger partial charge in [0.1, 0.15) is 0 Å². The molecule has 0 spiro atoms. The van der Waals surface area contributed by atoms with Gasteiger partial charge in [-0.25, -0.2) is 4.68 Å². The van der Waals surface area contributed by atoms with Gasteiger partial charge >= 0.3 is 0 Å². The third kappa shape index (κ3) is 2.10. The summed E-state index contributed by atoms with van der Waals surface area (Å²) < 4.78 is 1.96. The second-order valence-electron chi connectivity index (χ2n) is 6.01. The van der Waals surface area contributed by atoms with E-state index in [-0.39, 0.29) is 12.1 Å². The molecule has 2 aromatic rings. The molecule has 0 radical (unpaired) electrons. The normalized spacial score (nSPS) is 24.6. The highest BCUT2D eigenvalue weighted by atomic mass is 16.3. The van der Waals surface area contributed by atoms with Crippen molar-refractivity contribution in [3.63, 3.8) is 0 Å². The first-order chi connectivity index (χ1) is 10.3. The standard InChI is InChI=1S/C17H19N3O/c21-17(12-6-2-1-3-7-12)10-15-13-8-4-5-9-14(13)16-11-18-19-20(15)16/h1-2,4-5,8-9,11-12,15,17,21H,3,6-7,10H2. The lowest BCUT2D eigenvalue weighted by molar-refractivity contribution is 0.0823. The summed E-state index contributed by atoms with van der Waals surface area (Å²) in [5.74, 6) is 0.370. The lowest BCUT2D eigenvalue weighted by Crippen LogP contribution is -2.25. The molecule has 0 bridgehead atoms. The number of benzene rings is 1. The molecule has 1 aromatic carbocycles. The van der Waals surface area contributed by atoms with Gasteiger partial charge in [-0.3, -0.25) is 0 Å². The van der Waals surface area contributed by atoms with Gasteiger partial charge in [-0.1, -0.05) is 41.6 Å². The highest BCUT2D eigenvalue weighted by Gasteiger charge is 2.33. The molecule has 1 N–H and O–H groups in total. The Morgan fingerprint density at radius 2 is 2.19 bits per heavy atom. The number of allylic oxidation sites excluding steroid dienone is 2. The Morgan fingerprint density at radius 3 is 3.05 bits per heavy atom. The second-order valence-corrected chi connectivity index (χ2v) is 6.01. The van der Waals surface area contributed by atoms with Crippen molar-refractivity contribution in [3.05, 3.63) is 48.2 Å². The molecule has 1 aliphatic carbocycles.